The highest BCUT2D eigenvalue weighted by atomic mass is 16.5. The van der Waals surface area contributed by atoms with Gasteiger partial charge in [0.25, 0.3) is 0 Å². The van der Waals surface area contributed by atoms with Gasteiger partial charge >= 0.3 is 0 Å². The fourth-order valence-corrected chi connectivity index (χ4v) is 4.32. The molecule has 1 heterocycles. The van der Waals surface area contributed by atoms with Gasteiger partial charge in [0.15, 0.2) is 0 Å². The number of nitrogens with one attached hydrogen (secondary N) is 1. The summed E-state index contributed by atoms with van der Waals surface area (Å²) in [4.78, 5) is 0. The molecule has 0 aliphatic rings. The number of para-hydroxylation sites is 1. The van der Waals surface area contributed by atoms with E-state index in [0.717, 1.165) is 39.7 Å². The number of fused-ring (bicyclic) bond motifs is 3. The van der Waals surface area contributed by atoms with Gasteiger partial charge < -0.3 is 25.4 Å². The second kappa shape index (κ2) is 8.71. The minimum absolute atomic E-state index is 0.279. The van der Waals surface area contributed by atoms with Gasteiger partial charge in [-0.15, -0.1) is 0 Å². The van der Waals surface area contributed by atoms with Crippen molar-refractivity contribution in [2.75, 3.05) is 6.61 Å². The summed E-state index contributed by atoms with van der Waals surface area (Å²) in [5.41, 5.74) is 13.4. The molecule has 1 N–H and O–H groups in total. The van der Waals surface area contributed by atoms with Crippen LogP contribution in [0.5, 0.6) is 5.75 Å². The first-order chi connectivity index (χ1) is 16.2. The van der Waals surface area contributed by atoms with Crippen LogP contribution < -0.4 is 4.74 Å². The fraction of sp³-hybridized carbons (Fsp3) is 0.107. The highest BCUT2D eigenvalue weighted by Gasteiger charge is 2.11. The number of benzene rings is 4. The number of aromatic nitrogens is 1. The molecular weight excluding hydrogens is 408 g/mol. The topological polar surface area (TPSA) is 72.7 Å². The summed E-state index contributed by atoms with van der Waals surface area (Å²) < 4.78 is 7.83. The Morgan fingerprint density at radius 1 is 0.848 bits per heavy atom. The quantitative estimate of drug-likeness (QED) is 0.172. The normalized spacial score (nSPS) is 11.1. The lowest BCUT2D eigenvalue weighted by atomic mass is 10.0. The lowest BCUT2D eigenvalue weighted by molar-refractivity contribution is 0.340. The minimum atomic E-state index is -0.279. The summed E-state index contributed by atoms with van der Waals surface area (Å²) in [6.07, 6.45) is 0. The molecule has 33 heavy (non-hydrogen) atoms. The van der Waals surface area contributed by atoms with Gasteiger partial charge in [-0.25, -0.2) is 0 Å². The summed E-state index contributed by atoms with van der Waals surface area (Å²) in [5, 5.41) is 15.2. The Balaban J connectivity index is 1.49. The first kappa shape index (κ1) is 20.6. The minimum Gasteiger partial charge on any atom is -0.494 e. The van der Waals surface area contributed by atoms with Gasteiger partial charge in [-0.3, -0.25) is 0 Å². The first-order valence-electron chi connectivity index (χ1n) is 10.9. The van der Waals surface area contributed by atoms with Gasteiger partial charge in [-0.1, -0.05) is 60.7 Å². The standard InChI is InChI=1S/C28H23N4O/c1-2-33-23-14-11-21(12-15-23)20-9-7-19(8-10-20)18-32-26-6-4-3-5-24(26)25-17-22(28(29)31-30)13-16-27(25)32/h3-17,30H,2,18H2,1H3/q-1. The van der Waals surface area contributed by atoms with Crippen molar-refractivity contribution in [3.05, 3.63) is 108 Å². The van der Waals surface area contributed by atoms with Crippen LogP contribution in [0.15, 0.2) is 96.1 Å². The zero-order valence-electron chi connectivity index (χ0n) is 18.3. The van der Waals surface area contributed by atoms with Gasteiger partial charge in [-0.05, 0) is 65.3 Å². The summed E-state index contributed by atoms with van der Waals surface area (Å²) in [7, 11) is 0. The molecule has 4 aromatic carbocycles. The monoisotopic (exact) mass is 431 g/mol. The molecule has 0 radical (unpaired) electrons. The molecule has 1 aromatic heterocycles. The number of hydrogen-bond acceptors (Lipinski definition) is 2. The maximum absolute atomic E-state index is 9.91. The first-order valence-corrected chi connectivity index (χ1v) is 10.9. The SMILES string of the molecule is CCOc1ccc(-c2ccc(Cn3c4ccccc4c4cc(C(=[N-])N=N)ccc43)cc2)cc1. The molecule has 5 nitrogen and oxygen atoms in total. The second-order valence-corrected chi connectivity index (χ2v) is 7.92. The largest absolute Gasteiger partial charge is 0.494 e. The second-order valence-electron chi connectivity index (χ2n) is 7.92. The summed E-state index contributed by atoms with van der Waals surface area (Å²) in [6.45, 7) is 3.38. The van der Waals surface area contributed by atoms with E-state index in [0.29, 0.717) is 12.2 Å². The van der Waals surface area contributed by atoms with Crippen LogP contribution in [0.1, 0.15) is 18.1 Å². The van der Waals surface area contributed by atoms with Crippen LogP contribution in [-0.4, -0.2) is 17.0 Å². The van der Waals surface area contributed by atoms with E-state index < -0.39 is 0 Å². The van der Waals surface area contributed by atoms with Crippen LogP contribution in [0.2, 0.25) is 0 Å². The Bertz CT molecular complexity index is 1460. The van der Waals surface area contributed by atoms with Gasteiger partial charge in [0, 0.05) is 28.4 Å². The zero-order valence-corrected chi connectivity index (χ0v) is 18.3. The van der Waals surface area contributed by atoms with Crippen LogP contribution in [0.3, 0.4) is 0 Å². The fourth-order valence-electron chi connectivity index (χ4n) is 4.32. The molecule has 0 bridgehead atoms. The summed E-state index contributed by atoms with van der Waals surface area (Å²) in [5.74, 6) is 0.605. The van der Waals surface area contributed by atoms with Crippen LogP contribution in [0, 0.1) is 5.53 Å². The average molecular weight is 432 g/mol. The van der Waals surface area contributed by atoms with E-state index in [2.05, 4.69) is 58.2 Å². The number of rotatable bonds is 6. The predicted molar refractivity (Wildman–Crippen MR) is 134 cm³/mol. The molecule has 0 unspecified atom stereocenters. The number of ether oxygens (including phenoxy) is 1. The van der Waals surface area contributed by atoms with Gasteiger partial charge in [-0.2, -0.15) is 0 Å². The molecule has 0 saturated carbocycles. The van der Waals surface area contributed by atoms with Crippen molar-refractivity contribution in [1.82, 2.24) is 4.57 Å². The van der Waals surface area contributed by atoms with Crippen molar-refractivity contribution in [2.24, 2.45) is 5.11 Å². The smallest absolute Gasteiger partial charge is 0.119 e. The molecular formula is C28H23N4O-. The van der Waals surface area contributed by atoms with E-state index >= 15 is 0 Å². The summed E-state index contributed by atoms with van der Waals surface area (Å²) >= 11 is 0. The van der Waals surface area contributed by atoms with Gasteiger partial charge in [0.1, 0.15) is 5.75 Å². The lowest BCUT2D eigenvalue weighted by Crippen LogP contribution is -2.00. The zero-order chi connectivity index (χ0) is 22.8. The third-order valence-corrected chi connectivity index (χ3v) is 5.93. The Labute approximate surface area is 192 Å². The Hall–Kier alpha value is -4.25. The molecule has 0 fully saturated rings. The highest BCUT2D eigenvalue weighted by molar-refractivity contribution is 6.12. The molecule has 0 aliphatic heterocycles. The maximum Gasteiger partial charge on any atom is 0.119 e. The highest BCUT2D eigenvalue weighted by Crippen LogP contribution is 2.31. The van der Waals surface area contributed by atoms with E-state index in [1.165, 1.54) is 11.1 Å². The molecule has 0 atom stereocenters. The Morgan fingerprint density at radius 3 is 2.21 bits per heavy atom. The molecule has 0 amide bonds. The number of hydrogen-bond donors (Lipinski definition) is 1. The van der Waals surface area contributed by atoms with E-state index in [4.69, 9.17) is 10.3 Å². The van der Waals surface area contributed by atoms with Crippen molar-refractivity contribution >= 4 is 27.6 Å². The Morgan fingerprint density at radius 2 is 1.52 bits per heavy atom. The van der Waals surface area contributed by atoms with Gasteiger partial charge in [0.05, 0.1) is 6.61 Å². The number of nitrogens with zero attached hydrogens (tertiary/aromatic N) is 3. The van der Waals surface area contributed by atoms with Crippen molar-refractivity contribution in [2.45, 2.75) is 13.5 Å². The predicted octanol–water partition coefficient (Wildman–Crippen LogP) is 7.26. The van der Waals surface area contributed by atoms with Crippen LogP contribution >= 0.6 is 0 Å². The molecule has 0 aliphatic carbocycles. The van der Waals surface area contributed by atoms with Crippen molar-refractivity contribution in [1.29, 1.82) is 5.53 Å². The lowest BCUT2D eigenvalue weighted by Gasteiger charge is -2.10. The van der Waals surface area contributed by atoms with Crippen molar-refractivity contribution < 1.29 is 4.74 Å². The van der Waals surface area contributed by atoms with Crippen LogP contribution in [-0.2, 0) is 6.54 Å². The van der Waals surface area contributed by atoms with Gasteiger partial charge in [0.2, 0.25) is 0 Å². The molecule has 5 aromatic rings. The van der Waals surface area contributed by atoms with E-state index in [-0.39, 0.29) is 5.84 Å². The third-order valence-electron chi connectivity index (χ3n) is 5.93. The molecule has 0 saturated heterocycles. The van der Waals surface area contributed by atoms with Crippen LogP contribution in [0.25, 0.3) is 38.3 Å². The Kier molecular flexibility index (Phi) is 5.45. The van der Waals surface area contributed by atoms with E-state index in [9.17, 15) is 5.41 Å². The maximum atomic E-state index is 9.91. The van der Waals surface area contributed by atoms with E-state index in [1.807, 2.05) is 43.3 Å². The van der Waals surface area contributed by atoms with Crippen LogP contribution in [0.4, 0.5) is 0 Å². The van der Waals surface area contributed by atoms with Crippen molar-refractivity contribution in [3.8, 4) is 16.9 Å². The molecule has 0 spiro atoms. The average Bonchev–Trinajstić information content (AvgIpc) is 3.18. The molecule has 5 rings (SSSR count). The third kappa shape index (κ3) is 3.89. The van der Waals surface area contributed by atoms with Crippen molar-refractivity contribution in [3.63, 3.8) is 0 Å². The number of amidine groups is 1. The molecule has 5 heteroatoms. The van der Waals surface area contributed by atoms with E-state index in [1.54, 1.807) is 6.07 Å². The molecule has 162 valence electrons. The summed E-state index contributed by atoms with van der Waals surface area (Å²) in [6, 6.07) is 30.8.